The van der Waals surface area contributed by atoms with Crippen LogP contribution in [-0.2, 0) is 0 Å². The Morgan fingerprint density at radius 3 is 1.83 bits per heavy atom. The van der Waals surface area contributed by atoms with E-state index in [-0.39, 0.29) is 5.56 Å². The second-order valence-corrected chi connectivity index (χ2v) is 16.7. The van der Waals surface area contributed by atoms with Crippen LogP contribution >= 0.6 is 11.3 Å². The van der Waals surface area contributed by atoms with Gasteiger partial charge < -0.3 is 4.57 Å². The molecule has 0 bridgehead atoms. The standard InChI is InChI=1S/C55H32N2OS/c58-55-44-22-9-18-40(52(44)43-21-10-20-42-38-16-4-7-24-48(38)57(55)54(42)43)41-19-11-25-51-53(41)46-32-37(27-29-50(46)59-51)56-47-23-6-5-17-39(47)45-31-36(26-28-49(45)56)35-15-8-14-34(30-35)33-12-2-1-3-13-33/h1-32H. The minimum atomic E-state index is 0.0230. The van der Waals surface area contributed by atoms with Gasteiger partial charge in [-0.2, -0.15) is 0 Å². The fraction of sp³-hybridized carbons (Fsp3) is 0. The largest absolute Gasteiger partial charge is 0.309 e. The zero-order valence-corrected chi connectivity index (χ0v) is 32.5. The lowest BCUT2D eigenvalue weighted by molar-refractivity contribution is 1.19. The van der Waals surface area contributed by atoms with Gasteiger partial charge in [-0.25, -0.2) is 0 Å². The molecule has 0 radical (unpaired) electrons. The van der Waals surface area contributed by atoms with Crippen molar-refractivity contribution < 1.29 is 0 Å². The number of benzene rings is 9. The molecule has 9 aromatic carbocycles. The van der Waals surface area contributed by atoms with Gasteiger partial charge in [0.05, 0.1) is 22.1 Å². The highest BCUT2D eigenvalue weighted by molar-refractivity contribution is 7.26. The molecule has 13 rings (SSSR count). The Labute approximate surface area is 342 Å². The first-order valence-electron chi connectivity index (χ1n) is 20.0. The summed E-state index contributed by atoms with van der Waals surface area (Å²) in [6, 6.07) is 69.6. The first-order chi connectivity index (χ1) is 29.2. The minimum absolute atomic E-state index is 0.0230. The Kier molecular flexibility index (Phi) is 6.75. The van der Waals surface area contributed by atoms with Crippen molar-refractivity contribution in [1.82, 2.24) is 8.97 Å². The van der Waals surface area contributed by atoms with Crippen LogP contribution in [0, 0.1) is 0 Å². The van der Waals surface area contributed by atoms with Crippen molar-refractivity contribution in [3.05, 3.63) is 204 Å². The summed E-state index contributed by atoms with van der Waals surface area (Å²) in [5.74, 6) is 0. The quantitative estimate of drug-likeness (QED) is 0.164. The number of thiophene rings is 1. The molecule has 0 fully saturated rings. The lowest BCUT2D eigenvalue weighted by atomic mass is 9.92. The van der Waals surface area contributed by atoms with Crippen molar-refractivity contribution in [1.29, 1.82) is 0 Å². The normalized spacial score (nSPS) is 12.1. The molecule has 13 aromatic rings. The maximum absolute atomic E-state index is 14.5. The summed E-state index contributed by atoms with van der Waals surface area (Å²) in [5.41, 5.74) is 12.5. The molecular formula is C55H32N2OS. The molecule has 0 aliphatic rings. The minimum Gasteiger partial charge on any atom is -0.309 e. The van der Waals surface area contributed by atoms with E-state index >= 15 is 0 Å². The van der Waals surface area contributed by atoms with Crippen molar-refractivity contribution in [2.24, 2.45) is 0 Å². The fourth-order valence-electron chi connectivity index (χ4n) is 9.91. The van der Waals surface area contributed by atoms with Crippen LogP contribution in [0.4, 0.5) is 0 Å². The summed E-state index contributed by atoms with van der Waals surface area (Å²) in [6.07, 6.45) is 0. The third kappa shape index (κ3) is 4.60. The van der Waals surface area contributed by atoms with Crippen LogP contribution in [-0.4, -0.2) is 8.97 Å². The summed E-state index contributed by atoms with van der Waals surface area (Å²) in [6.45, 7) is 0. The summed E-state index contributed by atoms with van der Waals surface area (Å²) in [7, 11) is 0. The highest BCUT2D eigenvalue weighted by Gasteiger charge is 2.21. The number of fused-ring (bicyclic) bond motifs is 11. The van der Waals surface area contributed by atoms with Crippen LogP contribution in [0.15, 0.2) is 199 Å². The van der Waals surface area contributed by atoms with Gasteiger partial charge in [-0.15, -0.1) is 11.3 Å². The molecule has 0 saturated heterocycles. The third-order valence-corrected chi connectivity index (χ3v) is 13.6. The Balaban J connectivity index is 1.03. The predicted molar refractivity (Wildman–Crippen MR) is 251 cm³/mol. The van der Waals surface area contributed by atoms with E-state index in [0.29, 0.717) is 0 Å². The van der Waals surface area contributed by atoms with Gasteiger partial charge in [0.2, 0.25) is 0 Å². The third-order valence-electron chi connectivity index (χ3n) is 12.5. The summed E-state index contributed by atoms with van der Waals surface area (Å²) in [5, 5.41) is 9.93. The second-order valence-electron chi connectivity index (χ2n) is 15.6. The molecule has 4 aromatic heterocycles. The molecule has 0 atom stereocenters. The molecule has 0 aliphatic heterocycles. The lowest BCUT2D eigenvalue weighted by Crippen LogP contribution is -2.13. The van der Waals surface area contributed by atoms with Crippen LogP contribution in [0.1, 0.15) is 0 Å². The Morgan fingerprint density at radius 2 is 0.966 bits per heavy atom. The highest BCUT2D eigenvalue weighted by atomic mass is 32.1. The molecule has 0 spiro atoms. The molecule has 59 heavy (non-hydrogen) atoms. The molecular weight excluding hydrogens is 737 g/mol. The summed E-state index contributed by atoms with van der Waals surface area (Å²) >= 11 is 1.83. The van der Waals surface area contributed by atoms with Gasteiger partial charge in [-0.3, -0.25) is 9.20 Å². The van der Waals surface area contributed by atoms with Gasteiger partial charge in [0.15, 0.2) is 0 Å². The molecule has 0 N–H and O–H groups in total. The average Bonchev–Trinajstić information content (AvgIpc) is 3.96. The number of hydrogen-bond acceptors (Lipinski definition) is 2. The first-order valence-corrected chi connectivity index (χ1v) is 20.9. The zero-order chi connectivity index (χ0) is 38.8. The van der Waals surface area contributed by atoms with Crippen LogP contribution in [0.25, 0.3) is 119 Å². The van der Waals surface area contributed by atoms with E-state index in [1.54, 1.807) is 0 Å². The van der Waals surface area contributed by atoms with E-state index in [4.69, 9.17) is 0 Å². The van der Waals surface area contributed by atoms with Crippen LogP contribution in [0.3, 0.4) is 0 Å². The number of para-hydroxylation sites is 3. The molecule has 0 aliphatic carbocycles. The average molecular weight is 769 g/mol. The molecule has 4 heteroatoms. The molecule has 274 valence electrons. The topological polar surface area (TPSA) is 26.4 Å². The van der Waals surface area contributed by atoms with Crippen molar-refractivity contribution in [3.63, 3.8) is 0 Å². The van der Waals surface area contributed by atoms with Crippen molar-refractivity contribution in [2.45, 2.75) is 0 Å². The summed E-state index contributed by atoms with van der Waals surface area (Å²) < 4.78 is 6.81. The van der Waals surface area contributed by atoms with E-state index in [1.165, 1.54) is 64.2 Å². The van der Waals surface area contributed by atoms with Crippen LogP contribution in [0.5, 0.6) is 0 Å². The number of rotatable bonds is 4. The van der Waals surface area contributed by atoms with Gasteiger partial charge in [0.25, 0.3) is 5.56 Å². The van der Waals surface area contributed by atoms with Gasteiger partial charge >= 0.3 is 0 Å². The van der Waals surface area contributed by atoms with Crippen LogP contribution < -0.4 is 5.56 Å². The van der Waals surface area contributed by atoms with E-state index in [2.05, 4.69) is 180 Å². The molecule has 0 saturated carbocycles. The second kappa shape index (κ2) is 12.2. The SMILES string of the molecule is O=c1c2cccc(-c3cccc4sc5ccc(-n6c7ccccc7c7cc(-c8cccc(-c9ccccc9)c8)ccc76)cc5c34)c2c2cccc3c4ccccc4n1c32. The van der Waals surface area contributed by atoms with E-state index in [1.807, 2.05) is 33.9 Å². The molecule has 3 nitrogen and oxygen atoms in total. The van der Waals surface area contributed by atoms with Gasteiger partial charge in [-0.05, 0) is 94.0 Å². The molecule has 0 unspecified atom stereocenters. The number of aromatic nitrogens is 2. The van der Waals surface area contributed by atoms with Gasteiger partial charge in [0, 0.05) is 63.6 Å². The van der Waals surface area contributed by atoms with Crippen molar-refractivity contribution in [2.75, 3.05) is 0 Å². The number of pyridine rings is 1. The fourth-order valence-corrected chi connectivity index (χ4v) is 11.0. The lowest BCUT2D eigenvalue weighted by Gasteiger charge is -2.13. The van der Waals surface area contributed by atoms with Crippen LogP contribution in [0.2, 0.25) is 0 Å². The zero-order valence-electron chi connectivity index (χ0n) is 31.7. The van der Waals surface area contributed by atoms with E-state index in [9.17, 15) is 4.79 Å². The van der Waals surface area contributed by atoms with Crippen molar-refractivity contribution in [3.8, 4) is 39.1 Å². The maximum Gasteiger partial charge on any atom is 0.263 e. The van der Waals surface area contributed by atoms with E-state index in [0.717, 1.165) is 54.8 Å². The predicted octanol–water partition coefficient (Wildman–Crippen LogP) is 14.7. The molecule has 0 amide bonds. The Bertz CT molecular complexity index is 3930. The Hall–Kier alpha value is -7.53. The summed E-state index contributed by atoms with van der Waals surface area (Å²) in [4.78, 5) is 14.5. The molecule has 4 heterocycles. The maximum atomic E-state index is 14.5. The smallest absolute Gasteiger partial charge is 0.263 e. The monoisotopic (exact) mass is 768 g/mol. The number of nitrogens with zero attached hydrogens (tertiary/aromatic N) is 2. The van der Waals surface area contributed by atoms with Gasteiger partial charge in [0.1, 0.15) is 0 Å². The first kappa shape index (κ1) is 32.5. The van der Waals surface area contributed by atoms with Gasteiger partial charge in [-0.1, -0.05) is 133 Å². The van der Waals surface area contributed by atoms with E-state index < -0.39 is 0 Å². The highest BCUT2D eigenvalue weighted by Crippen LogP contribution is 2.45. The number of hydrogen-bond donors (Lipinski definition) is 0. The Morgan fingerprint density at radius 1 is 0.356 bits per heavy atom. The van der Waals surface area contributed by atoms with Crippen molar-refractivity contribution >= 4 is 91.3 Å².